The van der Waals surface area contributed by atoms with Gasteiger partial charge in [0.25, 0.3) is 0 Å². The largest absolute Gasteiger partial charge is 0.385 e. The van der Waals surface area contributed by atoms with E-state index in [0.717, 1.165) is 6.42 Å². The maximum absolute atomic E-state index is 11.3. The van der Waals surface area contributed by atoms with E-state index in [1.54, 1.807) is 11.9 Å². The lowest BCUT2D eigenvalue weighted by atomic mass is 9.80. The van der Waals surface area contributed by atoms with Gasteiger partial charge < -0.3 is 10.6 Å². The molecular formula is C10H19N3O. The van der Waals surface area contributed by atoms with E-state index in [-0.39, 0.29) is 11.4 Å². The highest BCUT2D eigenvalue weighted by molar-refractivity contribution is 6.05. The Kier molecular flexibility index (Phi) is 2.34. The Morgan fingerprint density at radius 1 is 1.50 bits per heavy atom. The summed E-state index contributed by atoms with van der Waals surface area (Å²) in [4.78, 5) is 16.8. The number of urea groups is 1. The quantitative estimate of drug-likeness (QED) is 0.694. The topological polar surface area (TPSA) is 58.7 Å². The molecule has 1 heterocycles. The Labute approximate surface area is 85.2 Å². The Morgan fingerprint density at radius 3 is 2.29 bits per heavy atom. The number of amidine groups is 1. The summed E-state index contributed by atoms with van der Waals surface area (Å²) in [7, 11) is 1.75. The number of nitrogens with two attached hydrogens (primary N) is 1. The molecule has 1 aliphatic rings. The molecule has 1 rings (SSSR count). The van der Waals surface area contributed by atoms with Crippen molar-refractivity contribution in [2.24, 2.45) is 16.1 Å². The minimum atomic E-state index is -0.421. The molecule has 4 heteroatoms. The molecule has 0 aromatic heterocycles. The van der Waals surface area contributed by atoms with Crippen molar-refractivity contribution in [1.29, 1.82) is 0 Å². The van der Waals surface area contributed by atoms with Crippen LogP contribution in [0.1, 0.15) is 34.1 Å². The minimum Gasteiger partial charge on any atom is -0.385 e. The number of aliphatic imine (C=N–C) groups is 1. The van der Waals surface area contributed by atoms with E-state index in [9.17, 15) is 4.79 Å². The van der Waals surface area contributed by atoms with Crippen LogP contribution < -0.4 is 5.73 Å². The molecule has 14 heavy (non-hydrogen) atoms. The molecule has 0 aromatic rings. The Balaban J connectivity index is 2.95. The van der Waals surface area contributed by atoms with Gasteiger partial charge in [-0.05, 0) is 18.8 Å². The molecular weight excluding hydrogens is 178 g/mol. The second kappa shape index (κ2) is 2.97. The molecule has 0 aromatic carbocycles. The van der Waals surface area contributed by atoms with Gasteiger partial charge in [-0.2, -0.15) is 4.99 Å². The van der Waals surface area contributed by atoms with Gasteiger partial charge in [0.05, 0.1) is 5.54 Å². The van der Waals surface area contributed by atoms with Crippen LogP contribution in [0, 0.1) is 5.41 Å². The monoisotopic (exact) mass is 197 g/mol. The van der Waals surface area contributed by atoms with Crippen LogP contribution in [0.2, 0.25) is 0 Å². The smallest absolute Gasteiger partial charge is 0.345 e. The van der Waals surface area contributed by atoms with Crippen molar-refractivity contribution in [1.82, 2.24) is 4.90 Å². The highest BCUT2D eigenvalue weighted by atomic mass is 16.2. The van der Waals surface area contributed by atoms with Crippen molar-refractivity contribution >= 4 is 11.9 Å². The van der Waals surface area contributed by atoms with E-state index in [4.69, 9.17) is 5.73 Å². The number of hydrogen-bond acceptors (Lipinski definition) is 2. The molecule has 0 saturated heterocycles. The molecule has 0 aliphatic carbocycles. The van der Waals surface area contributed by atoms with Crippen molar-refractivity contribution in [3.63, 3.8) is 0 Å². The van der Waals surface area contributed by atoms with Gasteiger partial charge in [0.2, 0.25) is 0 Å². The lowest BCUT2D eigenvalue weighted by molar-refractivity contribution is 0.167. The number of nitrogens with zero attached hydrogens (tertiary/aromatic N) is 2. The minimum absolute atomic E-state index is 0.119. The van der Waals surface area contributed by atoms with Gasteiger partial charge in [-0.3, -0.25) is 0 Å². The van der Waals surface area contributed by atoms with Gasteiger partial charge in [0, 0.05) is 7.05 Å². The number of likely N-dealkylation sites (N-methyl/N-ethyl adjacent to an activating group) is 1. The fourth-order valence-electron chi connectivity index (χ4n) is 1.92. The Morgan fingerprint density at radius 2 is 2.00 bits per heavy atom. The van der Waals surface area contributed by atoms with E-state index in [1.165, 1.54) is 0 Å². The molecule has 80 valence electrons. The molecule has 0 spiro atoms. The molecule has 4 nitrogen and oxygen atoms in total. The molecule has 1 atom stereocenters. The van der Waals surface area contributed by atoms with E-state index >= 15 is 0 Å². The summed E-state index contributed by atoms with van der Waals surface area (Å²) in [6.45, 7) is 8.34. The summed E-state index contributed by atoms with van der Waals surface area (Å²) in [6.07, 6.45) is 0.817. The average molecular weight is 197 g/mol. The molecule has 0 fully saturated rings. The number of amides is 2. The molecule has 0 radical (unpaired) electrons. The van der Waals surface area contributed by atoms with Gasteiger partial charge in [-0.15, -0.1) is 0 Å². The van der Waals surface area contributed by atoms with Crippen LogP contribution in [0.3, 0.4) is 0 Å². The molecule has 2 amide bonds. The fraction of sp³-hybridized carbons (Fsp3) is 0.800. The van der Waals surface area contributed by atoms with Crippen molar-refractivity contribution in [3.05, 3.63) is 0 Å². The SMILES string of the molecule is CN1C(=O)N=C(N)C1(C)CC(C)(C)C. The third-order valence-electron chi connectivity index (χ3n) is 2.67. The summed E-state index contributed by atoms with van der Waals surface area (Å²) < 4.78 is 0. The molecule has 0 bridgehead atoms. The van der Waals surface area contributed by atoms with Gasteiger partial charge in [0.15, 0.2) is 0 Å². The third kappa shape index (κ3) is 1.74. The van der Waals surface area contributed by atoms with Crippen molar-refractivity contribution in [2.45, 2.75) is 39.7 Å². The molecule has 1 unspecified atom stereocenters. The van der Waals surface area contributed by atoms with Crippen LogP contribution >= 0.6 is 0 Å². The van der Waals surface area contributed by atoms with Crippen LogP contribution in [-0.2, 0) is 0 Å². The van der Waals surface area contributed by atoms with E-state index in [0.29, 0.717) is 5.84 Å². The lowest BCUT2D eigenvalue weighted by Crippen LogP contribution is -2.51. The zero-order valence-corrected chi connectivity index (χ0v) is 9.59. The van der Waals surface area contributed by atoms with E-state index < -0.39 is 5.54 Å². The summed E-state index contributed by atoms with van der Waals surface area (Å²) >= 11 is 0. The van der Waals surface area contributed by atoms with Crippen LogP contribution in [0.15, 0.2) is 4.99 Å². The third-order valence-corrected chi connectivity index (χ3v) is 2.67. The Hall–Kier alpha value is -1.06. The number of carbonyl (C=O) groups is 1. The van der Waals surface area contributed by atoms with E-state index in [1.807, 2.05) is 6.92 Å². The second-order valence-corrected chi connectivity index (χ2v) is 5.35. The summed E-state index contributed by atoms with van der Waals surface area (Å²) in [5, 5.41) is 0. The number of carbonyl (C=O) groups excluding carboxylic acids is 1. The number of rotatable bonds is 1. The Bertz CT molecular complexity index is 290. The average Bonchev–Trinajstić information content (AvgIpc) is 2.13. The maximum Gasteiger partial charge on any atom is 0.345 e. The summed E-state index contributed by atoms with van der Waals surface area (Å²) in [5.41, 5.74) is 5.49. The molecule has 2 N–H and O–H groups in total. The van der Waals surface area contributed by atoms with Crippen LogP contribution in [0.25, 0.3) is 0 Å². The van der Waals surface area contributed by atoms with Gasteiger partial charge in [0.1, 0.15) is 5.84 Å². The van der Waals surface area contributed by atoms with Gasteiger partial charge in [-0.1, -0.05) is 20.8 Å². The van der Waals surface area contributed by atoms with Crippen molar-refractivity contribution < 1.29 is 4.79 Å². The van der Waals surface area contributed by atoms with Gasteiger partial charge in [-0.25, -0.2) is 4.79 Å². The summed E-state index contributed by atoms with van der Waals surface area (Å²) in [6, 6.07) is -0.241. The first kappa shape index (κ1) is 11.0. The highest BCUT2D eigenvalue weighted by Gasteiger charge is 2.44. The van der Waals surface area contributed by atoms with Crippen LogP contribution in [0.4, 0.5) is 4.79 Å². The van der Waals surface area contributed by atoms with Crippen LogP contribution in [0.5, 0.6) is 0 Å². The van der Waals surface area contributed by atoms with Gasteiger partial charge >= 0.3 is 6.03 Å². The predicted molar refractivity (Wildman–Crippen MR) is 57.3 cm³/mol. The summed E-state index contributed by atoms with van der Waals surface area (Å²) in [5.74, 6) is 0.430. The first-order valence-electron chi connectivity index (χ1n) is 4.79. The van der Waals surface area contributed by atoms with Crippen LogP contribution in [-0.4, -0.2) is 29.4 Å². The molecule has 0 saturated carbocycles. The fourth-order valence-corrected chi connectivity index (χ4v) is 1.92. The number of hydrogen-bond donors (Lipinski definition) is 1. The zero-order valence-electron chi connectivity index (χ0n) is 9.59. The maximum atomic E-state index is 11.3. The predicted octanol–water partition coefficient (Wildman–Crippen LogP) is 1.60. The zero-order chi connectivity index (χ0) is 11.1. The first-order valence-corrected chi connectivity index (χ1v) is 4.79. The van der Waals surface area contributed by atoms with Crippen molar-refractivity contribution in [3.8, 4) is 0 Å². The normalized spacial score (nSPS) is 28.2. The molecule has 1 aliphatic heterocycles. The van der Waals surface area contributed by atoms with Crippen molar-refractivity contribution in [2.75, 3.05) is 7.05 Å². The second-order valence-electron chi connectivity index (χ2n) is 5.35. The highest BCUT2D eigenvalue weighted by Crippen LogP contribution is 2.33. The first-order chi connectivity index (χ1) is 6.17. The lowest BCUT2D eigenvalue weighted by Gasteiger charge is -2.37. The standard InChI is InChI=1S/C10H19N3O/c1-9(2,3)6-10(4)7(11)12-8(14)13(10)5/h6H2,1-5H3,(H2,11,12,14). The van der Waals surface area contributed by atoms with E-state index in [2.05, 4.69) is 25.8 Å².